The molecule has 0 fully saturated rings. The number of rotatable bonds is 8. The van der Waals surface area contributed by atoms with Crippen LogP contribution < -0.4 is 9.47 Å². The van der Waals surface area contributed by atoms with Crippen molar-refractivity contribution in [3.63, 3.8) is 0 Å². The molecule has 0 unspecified atom stereocenters. The first kappa shape index (κ1) is 17.3. The van der Waals surface area contributed by atoms with Crippen LogP contribution in [0.2, 0.25) is 0 Å². The molecule has 0 heterocycles. The van der Waals surface area contributed by atoms with Crippen LogP contribution in [-0.4, -0.2) is 14.2 Å². The minimum Gasteiger partial charge on any atom is -0.497 e. The Balaban J connectivity index is 1.84. The van der Waals surface area contributed by atoms with E-state index in [1.807, 2.05) is 18.2 Å². The van der Waals surface area contributed by atoms with Crippen molar-refractivity contribution in [2.24, 2.45) is 0 Å². The van der Waals surface area contributed by atoms with Crippen LogP contribution in [0.1, 0.15) is 43.2 Å². The summed E-state index contributed by atoms with van der Waals surface area (Å²) in [4.78, 5) is 0. The summed E-state index contributed by atoms with van der Waals surface area (Å²) in [6, 6.07) is 12.8. The Hall–Kier alpha value is -2.03. The Labute approximate surface area is 138 Å². The van der Waals surface area contributed by atoms with Crippen molar-refractivity contribution < 1.29 is 13.9 Å². The maximum atomic E-state index is 12.9. The fraction of sp³-hybridized carbons (Fsp3) is 0.400. The number of unbranched alkanes of at least 4 members (excludes halogenated alkanes) is 1. The smallest absolute Gasteiger partial charge is 0.123 e. The minimum absolute atomic E-state index is 0.172. The highest BCUT2D eigenvalue weighted by atomic mass is 19.1. The highest BCUT2D eigenvalue weighted by Gasteiger charge is 2.09. The van der Waals surface area contributed by atoms with E-state index in [4.69, 9.17) is 9.47 Å². The lowest BCUT2D eigenvalue weighted by atomic mass is 9.94. The summed E-state index contributed by atoms with van der Waals surface area (Å²) in [5.41, 5.74) is 2.44. The molecule has 3 heteroatoms. The topological polar surface area (TPSA) is 18.5 Å². The van der Waals surface area contributed by atoms with E-state index in [0.29, 0.717) is 5.92 Å². The maximum absolute atomic E-state index is 12.9. The van der Waals surface area contributed by atoms with Gasteiger partial charge in [-0.1, -0.05) is 25.5 Å². The molecule has 0 amide bonds. The van der Waals surface area contributed by atoms with Crippen LogP contribution in [0, 0.1) is 5.82 Å². The molecule has 124 valence electrons. The summed E-state index contributed by atoms with van der Waals surface area (Å²) < 4.78 is 23.5. The highest BCUT2D eigenvalue weighted by molar-refractivity contribution is 5.39. The monoisotopic (exact) mass is 316 g/mol. The molecule has 2 aromatic carbocycles. The lowest BCUT2D eigenvalue weighted by Gasteiger charge is -2.14. The zero-order chi connectivity index (χ0) is 16.7. The van der Waals surface area contributed by atoms with Crippen LogP contribution >= 0.6 is 0 Å². The van der Waals surface area contributed by atoms with Crippen LogP contribution in [0.3, 0.4) is 0 Å². The van der Waals surface area contributed by atoms with E-state index in [1.165, 1.54) is 23.3 Å². The molecule has 0 N–H and O–H groups in total. The molecule has 23 heavy (non-hydrogen) atoms. The molecule has 0 spiro atoms. The average Bonchev–Trinajstić information content (AvgIpc) is 2.59. The molecule has 2 aromatic rings. The van der Waals surface area contributed by atoms with E-state index < -0.39 is 0 Å². The Kier molecular flexibility index (Phi) is 6.45. The van der Waals surface area contributed by atoms with Gasteiger partial charge in [0.05, 0.1) is 14.2 Å². The Morgan fingerprint density at radius 2 is 1.52 bits per heavy atom. The number of benzene rings is 2. The van der Waals surface area contributed by atoms with Crippen molar-refractivity contribution in [2.45, 2.75) is 38.5 Å². The van der Waals surface area contributed by atoms with Gasteiger partial charge in [0.2, 0.25) is 0 Å². The number of ether oxygens (including phenoxy) is 2. The summed E-state index contributed by atoms with van der Waals surface area (Å²) in [5, 5.41) is 0. The summed E-state index contributed by atoms with van der Waals surface area (Å²) in [5.74, 6) is 1.94. The predicted octanol–water partition coefficient (Wildman–Crippen LogP) is 5.36. The van der Waals surface area contributed by atoms with Gasteiger partial charge in [-0.3, -0.25) is 0 Å². The van der Waals surface area contributed by atoms with Crippen molar-refractivity contribution >= 4 is 0 Å². The van der Waals surface area contributed by atoms with E-state index in [2.05, 4.69) is 19.1 Å². The van der Waals surface area contributed by atoms with Crippen LogP contribution in [-0.2, 0) is 6.42 Å². The second kappa shape index (κ2) is 8.56. The van der Waals surface area contributed by atoms with Gasteiger partial charge in [0.15, 0.2) is 0 Å². The largest absolute Gasteiger partial charge is 0.497 e. The molecule has 0 bridgehead atoms. The summed E-state index contributed by atoms with van der Waals surface area (Å²) in [6.45, 7) is 2.23. The van der Waals surface area contributed by atoms with Gasteiger partial charge >= 0.3 is 0 Å². The molecule has 0 radical (unpaired) electrons. The van der Waals surface area contributed by atoms with Crippen LogP contribution in [0.4, 0.5) is 4.39 Å². The fourth-order valence-electron chi connectivity index (χ4n) is 2.71. The molecule has 0 aliphatic rings. The first-order chi connectivity index (χ1) is 11.1. The van der Waals surface area contributed by atoms with Gasteiger partial charge in [-0.15, -0.1) is 0 Å². The third-order valence-electron chi connectivity index (χ3n) is 4.21. The second-order valence-corrected chi connectivity index (χ2v) is 5.92. The van der Waals surface area contributed by atoms with Gasteiger partial charge < -0.3 is 9.47 Å². The van der Waals surface area contributed by atoms with Gasteiger partial charge in [0, 0.05) is 6.07 Å². The lowest BCUT2D eigenvalue weighted by molar-refractivity contribution is 0.392. The molecular formula is C20H25FO2. The normalized spacial score (nSPS) is 12.0. The standard InChI is InChI=1S/C20H25FO2/c1-15(17-12-19(22-2)14-20(13-17)23-3)6-4-5-7-16-8-10-18(21)11-9-16/h8-15H,4-7H2,1-3H3/t15-/m0/s1. The maximum Gasteiger partial charge on any atom is 0.123 e. The Morgan fingerprint density at radius 3 is 2.09 bits per heavy atom. The van der Waals surface area contributed by atoms with Crippen molar-refractivity contribution in [1.82, 2.24) is 0 Å². The highest BCUT2D eigenvalue weighted by Crippen LogP contribution is 2.30. The summed E-state index contributed by atoms with van der Waals surface area (Å²) in [7, 11) is 3.35. The molecular weight excluding hydrogens is 291 g/mol. The van der Waals surface area contributed by atoms with Crippen molar-refractivity contribution in [3.05, 3.63) is 59.4 Å². The first-order valence-electron chi connectivity index (χ1n) is 8.09. The predicted molar refractivity (Wildman–Crippen MR) is 91.9 cm³/mol. The zero-order valence-electron chi connectivity index (χ0n) is 14.1. The zero-order valence-corrected chi connectivity index (χ0v) is 14.1. The number of aryl methyl sites for hydroxylation is 1. The van der Waals surface area contributed by atoms with E-state index in [0.717, 1.165) is 37.2 Å². The van der Waals surface area contributed by atoms with Gasteiger partial charge in [-0.25, -0.2) is 4.39 Å². The van der Waals surface area contributed by atoms with E-state index in [-0.39, 0.29) is 5.82 Å². The summed E-state index contributed by atoms with van der Waals surface area (Å²) in [6.07, 6.45) is 4.35. The van der Waals surface area contributed by atoms with Gasteiger partial charge in [-0.05, 0) is 60.6 Å². The molecule has 0 aliphatic carbocycles. The quantitative estimate of drug-likeness (QED) is 0.610. The lowest BCUT2D eigenvalue weighted by Crippen LogP contribution is -1.97. The van der Waals surface area contributed by atoms with Crippen molar-refractivity contribution in [3.8, 4) is 11.5 Å². The van der Waals surface area contributed by atoms with E-state index in [1.54, 1.807) is 14.2 Å². The minimum atomic E-state index is -0.172. The van der Waals surface area contributed by atoms with Gasteiger partial charge in [0.25, 0.3) is 0 Å². The number of halogens is 1. The SMILES string of the molecule is COc1cc(OC)cc([C@@H](C)CCCCc2ccc(F)cc2)c1. The Morgan fingerprint density at radius 1 is 0.913 bits per heavy atom. The number of hydrogen-bond donors (Lipinski definition) is 0. The Bertz CT molecular complexity index is 585. The first-order valence-corrected chi connectivity index (χ1v) is 8.09. The molecule has 0 saturated carbocycles. The molecule has 0 aliphatic heterocycles. The van der Waals surface area contributed by atoms with Crippen molar-refractivity contribution in [1.29, 1.82) is 0 Å². The third-order valence-corrected chi connectivity index (χ3v) is 4.21. The molecule has 1 atom stereocenters. The van der Waals surface area contributed by atoms with Crippen LogP contribution in [0.25, 0.3) is 0 Å². The summed E-state index contributed by atoms with van der Waals surface area (Å²) >= 11 is 0. The third kappa shape index (κ3) is 5.27. The molecule has 2 nitrogen and oxygen atoms in total. The molecule has 0 saturated heterocycles. The number of hydrogen-bond acceptors (Lipinski definition) is 2. The van der Waals surface area contributed by atoms with Gasteiger partial charge in [0.1, 0.15) is 17.3 Å². The van der Waals surface area contributed by atoms with Gasteiger partial charge in [-0.2, -0.15) is 0 Å². The van der Waals surface area contributed by atoms with Crippen LogP contribution in [0.5, 0.6) is 11.5 Å². The van der Waals surface area contributed by atoms with Crippen LogP contribution in [0.15, 0.2) is 42.5 Å². The fourth-order valence-corrected chi connectivity index (χ4v) is 2.71. The van der Waals surface area contributed by atoms with E-state index in [9.17, 15) is 4.39 Å². The van der Waals surface area contributed by atoms with Crippen molar-refractivity contribution in [2.75, 3.05) is 14.2 Å². The second-order valence-electron chi connectivity index (χ2n) is 5.92. The van der Waals surface area contributed by atoms with E-state index >= 15 is 0 Å². The number of methoxy groups -OCH3 is 2. The molecule has 2 rings (SSSR count). The average molecular weight is 316 g/mol. The molecule has 0 aromatic heterocycles.